The molecule has 1 N–H and O–H groups in total. The number of rotatable bonds is 1. The molecule has 1 aromatic heterocycles. The Kier molecular flexibility index (Phi) is 1.70. The highest BCUT2D eigenvalue weighted by Crippen LogP contribution is 2.28. The minimum atomic E-state index is -2.91. The Hall–Kier alpha value is -1.65. The standard InChI is InChI=1S/C9H7F2NO2/c1-9(10,11)5-2-3-7-6(4-5)12-8(13)14-7/h2-4H,1H3,(H,12,13). The molecule has 1 heterocycles. The van der Waals surface area contributed by atoms with Crippen molar-refractivity contribution in [1.82, 2.24) is 4.98 Å². The highest BCUT2D eigenvalue weighted by Gasteiger charge is 2.24. The molecule has 0 fully saturated rings. The molecule has 0 saturated heterocycles. The lowest BCUT2D eigenvalue weighted by molar-refractivity contribution is 0.0176. The molecule has 2 rings (SSSR count). The van der Waals surface area contributed by atoms with Crippen LogP contribution in [-0.2, 0) is 5.92 Å². The minimum Gasteiger partial charge on any atom is -0.408 e. The van der Waals surface area contributed by atoms with Crippen molar-refractivity contribution >= 4 is 11.1 Å². The molecule has 5 heteroatoms. The van der Waals surface area contributed by atoms with Crippen LogP contribution >= 0.6 is 0 Å². The van der Waals surface area contributed by atoms with Crippen LogP contribution in [0.25, 0.3) is 11.1 Å². The fourth-order valence-corrected chi connectivity index (χ4v) is 1.23. The van der Waals surface area contributed by atoms with E-state index in [0.29, 0.717) is 0 Å². The predicted octanol–water partition coefficient (Wildman–Crippen LogP) is 2.23. The van der Waals surface area contributed by atoms with E-state index in [0.717, 1.165) is 6.92 Å². The molecular weight excluding hydrogens is 192 g/mol. The van der Waals surface area contributed by atoms with Crippen LogP contribution in [-0.4, -0.2) is 4.98 Å². The second kappa shape index (κ2) is 2.67. The molecule has 0 atom stereocenters. The van der Waals surface area contributed by atoms with Crippen LogP contribution in [0.3, 0.4) is 0 Å². The molecule has 0 bridgehead atoms. The number of nitrogens with one attached hydrogen (secondary N) is 1. The van der Waals surface area contributed by atoms with Gasteiger partial charge in [-0.25, -0.2) is 13.6 Å². The molecule has 3 nitrogen and oxygen atoms in total. The maximum atomic E-state index is 12.9. The minimum absolute atomic E-state index is 0.151. The Morgan fingerprint density at radius 2 is 2.14 bits per heavy atom. The molecule has 0 aliphatic heterocycles. The number of aromatic nitrogens is 1. The first-order valence-corrected chi connectivity index (χ1v) is 3.98. The summed E-state index contributed by atoms with van der Waals surface area (Å²) in [7, 11) is 0. The lowest BCUT2D eigenvalue weighted by atomic mass is 10.1. The highest BCUT2D eigenvalue weighted by molar-refractivity contribution is 5.72. The first-order valence-electron chi connectivity index (χ1n) is 3.98. The molecule has 0 amide bonds. The molecule has 0 radical (unpaired) electrons. The molecule has 0 aliphatic carbocycles. The van der Waals surface area contributed by atoms with Crippen molar-refractivity contribution in [3.8, 4) is 0 Å². The first kappa shape index (κ1) is 8.93. The van der Waals surface area contributed by atoms with Crippen LogP contribution in [0, 0.1) is 0 Å². The van der Waals surface area contributed by atoms with Crippen molar-refractivity contribution in [3.63, 3.8) is 0 Å². The topological polar surface area (TPSA) is 46.0 Å². The Labute approximate surface area is 77.3 Å². The number of alkyl halides is 2. The third kappa shape index (κ3) is 1.41. The number of H-pyrrole nitrogens is 1. The Morgan fingerprint density at radius 3 is 2.79 bits per heavy atom. The molecule has 1 aromatic carbocycles. The summed E-state index contributed by atoms with van der Waals surface area (Å²) in [6.45, 7) is 0.798. The van der Waals surface area contributed by atoms with Crippen molar-refractivity contribution in [3.05, 3.63) is 34.3 Å². The molecule has 74 valence electrons. The second-order valence-corrected chi connectivity index (χ2v) is 3.11. The van der Waals surface area contributed by atoms with Crippen LogP contribution in [0.15, 0.2) is 27.4 Å². The van der Waals surface area contributed by atoms with Crippen molar-refractivity contribution < 1.29 is 13.2 Å². The second-order valence-electron chi connectivity index (χ2n) is 3.11. The van der Waals surface area contributed by atoms with Gasteiger partial charge in [0.1, 0.15) is 0 Å². The summed E-state index contributed by atoms with van der Waals surface area (Å²) >= 11 is 0. The lowest BCUT2D eigenvalue weighted by Gasteiger charge is -2.09. The van der Waals surface area contributed by atoms with E-state index in [9.17, 15) is 13.6 Å². The van der Waals surface area contributed by atoms with E-state index in [1.54, 1.807) is 0 Å². The van der Waals surface area contributed by atoms with E-state index in [2.05, 4.69) is 9.40 Å². The molecule has 0 spiro atoms. The zero-order valence-corrected chi connectivity index (χ0v) is 7.30. The maximum Gasteiger partial charge on any atom is 0.417 e. The van der Waals surface area contributed by atoms with Gasteiger partial charge in [-0.3, -0.25) is 4.98 Å². The average molecular weight is 199 g/mol. The molecule has 0 unspecified atom stereocenters. The van der Waals surface area contributed by atoms with Gasteiger partial charge in [0.15, 0.2) is 5.58 Å². The fraction of sp³-hybridized carbons (Fsp3) is 0.222. The van der Waals surface area contributed by atoms with Crippen molar-refractivity contribution in [2.24, 2.45) is 0 Å². The van der Waals surface area contributed by atoms with Crippen molar-refractivity contribution in [1.29, 1.82) is 0 Å². The third-order valence-corrected chi connectivity index (χ3v) is 1.93. The van der Waals surface area contributed by atoms with E-state index in [1.807, 2.05) is 0 Å². The monoisotopic (exact) mass is 199 g/mol. The number of fused-ring (bicyclic) bond motifs is 1. The molecule has 14 heavy (non-hydrogen) atoms. The summed E-state index contributed by atoms with van der Waals surface area (Å²) in [6, 6.07) is 3.79. The predicted molar refractivity (Wildman–Crippen MR) is 46.4 cm³/mol. The van der Waals surface area contributed by atoms with E-state index in [4.69, 9.17) is 0 Å². The quantitative estimate of drug-likeness (QED) is 0.765. The van der Waals surface area contributed by atoms with Crippen molar-refractivity contribution in [2.75, 3.05) is 0 Å². The zero-order chi connectivity index (χ0) is 10.3. The highest BCUT2D eigenvalue weighted by atomic mass is 19.3. The van der Waals surface area contributed by atoms with Crippen LogP contribution in [0.1, 0.15) is 12.5 Å². The zero-order valence-electron chi connectivity index (χ0n) is 7.30. The summed E-state index contributed by atoms with van der Waals surface area (Å²) < 4.78 is 30.4. The molecule has 0 saturated carbocycles. The van der Waals surface area contributed by atoms with Crippen LogP contribution in [0.2, 0.25) is 0 Å². The summed E-state index contributed by atoms with van der Waals surface area (Å²) in [5, 5.41) is 0. The summed E-state index contributed by atoms with van der Waals surface area (Å²) in [5.41, 5.74) is 0.416. The van der Waals surface area contributed by atoms with Crippen LogP contribution in [0.5, 0.6) is 0 Å². The van der Waals surface area contributed by atoms with E-state index < -0.39 is 11.7 Å². The van der Waals surface area contributed by atoms with Gasteiger partial charge < -0.3 is 4.42 Å². The van der Waals surface area contributed by atoms with Gasteiger partial charge in [0.05, 0.1) is 5.52 Å². The van der Waals surface area contributed by atoms with Gasteiger partial charge in [0, 0.05) is 12.5 Å². The van der Waals surface area contributed by atoms with E-state index in [-0.39, 0.29) is 16.7 Å². The maximum absolute atomic E-state index is 12.9. The van der Waals surface area contributed by atoms with Crippen LogP contribution in [0.4, 0.5) is 8.78 Å². The SMILES string of the molecule is CC(F)(F)c1ccc2oc(=O)[nH]c2c1. The number of hydrogen-bond acceptors (Lipinski definition) is 2. The van der Waals surface area contributed by atoms with Gasteiger partial charge >= 0.3 is 5.76 Å². The Morgan fingerprint density at radius 1 is 1.43 bits per heavy atom. The summed E-state index contributed by atoms with van der Waals surface area (Å²) in [5.74, 6) is -3.56. The van der Waals surface area contributed by atoms with E-state index in [1.165, 1.54) is 18.2 Å². The van der Waals surface area contributed by atoms with Gasteiger partial charge in [0.25, 0.3) is 5.92 Å². The average Bonchev–Trinajstić information content (AvgIpc) is 2.41. The third-order valence-electron chi connectivity index (χ3n) is 1.93. The number of oxazole rings is 1. The largest absolute Gasteiger partial charge is 0.417 e. The fourth-order valence-electron chi connectivity index (χ4n) is 1.23. The van der Waals surface area contributed by atoms with Gasteiger partial charge in [0.2, 0.25) is 0 Å². The Balaban J connectivity index is 2.67. The number of halogens is 2. The number of aromatic amines is 1. The number of hydrogen-bond donors (Lipinski definition) is 1. The van der Waals surface area contributed by atoms with Gasteiger partial charge in [-0.05, 0) is 18.2 Å². The first-order chi connectivity index (χ1) is 6.47. The van der Waals surface area contributed by atoms with Gasteiger partial charge in [-0.2, -0.15) is 0 Å². The molecule has 0 aliphatic rings. The molecule has 2 aromatic rings. The van der Waals surface area contributed by atoms with Crippen LogP contribution < -0.4 is 5.76 Å². The normalized spacial score (nSPS) is 12.2. The van der Waals surface area contributed by atoms with Gasteiger partial charge in [-0.15, -0.1) is 0 Å². The smallest absolute Gasteiger partial charge is 0.408 e. The summed E-state index contributed by atoms with van der Waals surface area (Å²) in [4.78, 5) is 13.1. The Bertz CT molecular complexity index is 521. The molecular formula is C9H7F2NO2. The lowest BCUT2D eigenvalue weighted by Crippen LogP contribution is -2.06. The number of benzene rings is 1. The summed E-state index contributed by atoms with van der Waals surface area (Å²) in [6.07, 6.45) is 0. The van der Waals surface area contributed by atoms with E-state index >= 15 is 0 Å². The van der Waals surface area contributed by atoms with Crippen molar-refractivity contribution in [2.45, 2.75) is 12.8 Å². The van der Waals surface area contributed by atoms with Gasteiger partial charge in [-0.1, -0.05) is 0 Å².